The summed E-state index contributed by atoms with van der Waals surface area (Å²) in [5.74, 6) is 1.82. The summed E-state index contributed by atoms with van der Waals surface area (Å²) >= 11 is 0. The van der Waals surface area contributed by atoms with Crippen molar-refractivity contribution >= 4 is 10.8 Å². The van der Waals surface area contributed by atoms with Gasteiger partial charge < -0.3 is 18.8 Å². The summed E-state index contributed by atoms with van der Waals surface area (Å²) in [7, 11) is 5.13. The molecule has 1 fully saturated rings. The molecule has 7 heteroatoms. The molecular weight excluding hydrogens is 406 g/mol. The van der Waals surface area contributed by atoms with Crippen LogP contribution < -0.4 is 15.0 Å². The Balaban J connectivity index is 1.91. The van der Waals surface area contributed by atoms with Gasteiger partial charge in [0.05, 0.1) is 38.4 Å². The van der Waals surface area contributed by atoms with E-state index in [-0.39, 0.29) is 11.5 Å². The van der Waals surface area contributed by atoms with Gasteiger partial charge in [-0.3, -0.25) is 14.7 Å². The fourth-order valence-corrected chi connectivity index (χ4v) is 4.20. The number of rotatable bonds is 8. The topological polar surface area (TPSA) is 65.8 Å². The molecule has 0 bridgehead atoms. The Bertz CT molecular complexity index is 1150. The lowest BCUT2D eigenvalue weighted by molar-refractivity contribution is 0.00678. The second kappa shape index (κ2) is 9.30. The number of pyridine rings is 2. The first kappa shape index (κ1) is 22.3. The van der Waals surface area contributed by atoms with E-state index in [1.165, 1.54) is 0 Å². The van der Waals surface area contributed by atoms with Crippen molar-refractivity contribution in [1.29, 1.82) is 0 Å². The number of hydrogen-bond acceptors (Lipinski definition) is 6. The Hall–Kier alpha value is -2.90. The average Bonchev–Trinajstić information content (AvgIpc) is 2.78. The molecule has 1 aliphatic rings. The third-order valence-electron chi connectivity index (χ3n) is 6.34. The van der Waals surface area contributed by atoms with Crippen molar-refractivity contribution in [3.05, 3.63) is 52.2 Å². The molecule has 0 unspecified atom stereocenters. The van der Waals surface area contributed by atoms with Gasteiger partial charge >= 0.3 is 0 Å². The van der Waals surface area contributed by atoms with Crippen molar-refractivity contribution in [2.24, 2.45) is 7.05 Å². The Morgan fingerprint density at radius 1 is 1.09 bits per heavy atom. The minimum Gasteiger partial charge on any atom is -0.496 e. The van der Waals surface area contributed by atoms with E-state index >= 15 is 0 Å². The Morgan fingerprint density at radius 3 is 2.28 bits per heavy atom. The summed E-state index contributed by atoms with van der Waals surface area (Å²) in [4.78, 5) is 19.7. The molecule has 1 aliphatic heterocycles. The van der Waals surface area contributed by atoms with Crippen molar-refractivity contribution < 1.29 is 14.2 Å². The van der Waals surface area contributed by atoms with Gasteiger partial charge in [0, 0.05) is 43.2 Å². The van der Waals surface area contributed by atoms with Crippen LogP contribution in [0.15, 0.2) is 35.4 Å². The van der Waals surface area contributed by atoms with Crippen molar-refractivity contribution in [3.63, 3.8) is 0 Å². The van der Waals surface area contributed by atoms with Gasteiger partial charge in [0.2, 0.25) is 0 Å². The van der Waals surface area contributed by atoms with Crippen LogP contribution in [-0.4, -0.2) is 55.0 Å². The number of ether oxygens (including phenoxy) is 3. The molecule has 0 aliphatic carbocycles. The highest BCUT2D eigenvalue weighted by atomic mass is 16.5. The number of aromatic nitrogens is 2. The molecule has 2 aromatic heterocycles. The van der Waals surface area contributed by atoms with Gasteiger partial charge in [-0.25, -0.2) is 0 Å². The fourth-order valence-electron chi connectivity index (χ4n) is 4.20. The number of nitrogens with zero attached hydrogens (tertiary/aromatic N) is 3. The molecule has 0 spiro atoms. The molecule has 0 N–H and O–H groups in total. The molecule has 0 saturated carbocycles. The van der Waals surface area contributed by atoms with Gasteiger partial charge in [0.1, 0.15) is 11.5 Å². The molecule has 170 valence electrons. The summed E-state index contributed by atoms with van der Waals surface area (Å²) in [6, 6.07) is 6.10. The predicted molar refractivity (Wildman–Crippen MR) is 126 cm³/mol. The molecule has 0 atom stereocenters. The van der Waals surface area contributed by atoms with Crippen LogP contribution in [0.1, 0.15) is 31.0 Å². The SMILES string of the molecule is CCN(CC)Cc1c(OC)cc(-c2cn(C)c(=O)c3cnc(C4COC4)cc23)cc1OC. The molecule has 0 radical (unpaired) electrons. The summed E-state index contributed by atoms with van der Waals surface area (Å²) < 4.78 is 18.5. The lowest BCUT2D eigenvalue weighted by Gasteiger charge is -2.25. The predicted octanol–water partition coefficient (Wildman–Crippen LogP) is 3.57. The van der Waals surface area contributed by atoms with E-state index in [9.17, 15) is 4.79 Å². The monoisotopic (exact) mass is 437 g/mol. The Kier molecular flexibility index (Phi) is 6.48. The van der Waals surface area contributed by atoms with Crippen molar-refractivity contribution in [2.75, 3.05) is 40.5 Å². The van der Waals surface area contributed by atoms with Gasteiger partial charge in [0.15, 0.2) is 0 Å². The smallest absolute Gasteiger partial charge is 0.259 e. The number of fused-ring (bicyclic) bond motifs is 1. The number of hydrogen-bond donors (Lipinski definition) is 0. The van der Waals surface area contributed by atoms with Crippen LogP contribution in [0.25, 0.3) is 21.9 Å². The molecule has 1 aromatic carbocycles. The maximum atomic E-state index is 12.8. The zero-order valence-corrected chi connectivity index (χ0v) is 19.5. The van der Waals surface area contributed by atoms with Crippen LogP contribution in [0, 0.1) is 0 Å². The van der Waals surface area contributed by atoms with E-state index in [0.717, 1.165) is 58.9 Å². The van der Waals surface area contributed by atoms with Crippen LogP contribution >= 0.6 is 0 Å². The first-order valence-electron chi connectivity index (χ1n) is 11.0. The summed E-state index contributed by atoms with van der Waals surface area (Å²) in [5, 5.41) is 1.48. The molecular formula is C25H31N3O4. The summed E-state index contributed by atoms with van der Waals surface area (Å²) in [5.41, 5.74) is 3.78. The average molecular weight is 438 g/mol. The van der Waals surface area contributed by atoms with E-state index in [1.807, 2.05) is 24.4 Å². The molecule has 3 heterocycles. The third-order valence-corrected chi connectivity index (χ3v) is 6.34. The maximum absolute atomic E-state index is 12.8. The van der Waals surface area contributed by atoms with E-state index in [4.69, 9.17) is 14.2 Å². The van der Waals surface area contributed by atoms with Gasteiger partial charge in [0.25, 0.3) is 5.56 Å². The van der Waals surface area contributed by atoms with E-state index in [2.05, 4.69) is 23.7 Å². The highest BCUT2D eigenvalue weighted by molar-refractivity contribution is 5.96. The van der Waals surface area contributed by atoms with E-state index in [0.29, 0.717) is 18.6 Å². The minimum atomic E-state index is -0.0651. The lowest BCUT2D eigenvalue weighted by atomic mass is 9.96. The first-order valence-corrected chi connectivity index (χ1v) is 11.0. The fraction of sp³-hybridized carbons (Fsp3) is 0.440. The molecule has 1 saturated heterocycles. The first-order chi connectivity index (χ1) is 15.5. The molecule has 3 aromatic rings. The number of benzene rings is 1. The van der Waals surface area contributed by atoms with Gasteiger partial charge in [-0.1, -0.05) is 13.8 Å². The van der Waals surface area contributed by atoms with Crippen LogP contribution in [0.3, 0.4) is 0 Å². The molecule has 4 rings (SSSR count). The second-order valence-corrected chi connectivity index (χ2v) is 8.17. The second-order valence-electron chi connectivity index (χ2n) is 8.17. The zero-order chi connectivity index (χ0) is 22.8. The van der Waals surface area contributed by atoms with Crippen LogP contribution in [0.2, 0.25) is 0 Å². The van der Waals surface area contributed by atoms with Gasteiger partial charge in [-0.05, 0) is 42.2 Å². The van der Waals surface area contributed by atoms with E-state index in [1.54, 1.807) is 32.0 Å². The number of methoxy groups -OCH3 is 2. The van der Waals surface area contributed by atoms with Crippen molar-refractivity contribution in [1.82, 2.24) is 14.5 Å². The van der Waals surface area contributed by atoms with E-state index < -0.39 is 0 Å². The van der Waals surface area contributed by atoms with Crippen LogP contribution in [0.4, 0.5) is 0 Å². The largest absolute Gasteiger partial charge is 0.496 e. The molecule has 0 amide bonds. The number of aryl methyl sites for hydroxylation is 1. The standard InChI is InChI=1S/C25H31N3O4/c1-6-28(7-2)13-21-23(30-4)8-16(9-24(21)31-5)20-12-27(3)25(29)19-11-26-22(10-18(19)20)17-14-32-15-17/h8-12,17H,6-7,13-15H2,1-5H3. The summed E-state index contributed by atoms with van der Waals surface area (Å²) in [6.07, 6.45) is 3.57. The highest BCUT2D eigenvalue weighted by Crippen LogP contribution is 2.38. The zero-order valence-electron chi connectivity index (χ0n) is 19.5. The summed E-state index contributed by atoms with van der Waals surface area (Å²) in [6.45, 7) is 8.25. The van der Waals surface area contributed by atoms with Gasteiger partial charge in [-0.15, -0.1) is 0 Å². The Morgan fingerprint density at radius 2 is 1.75 bits per heavy atom. The lowest BCUT2D eigenvalue weighted by Crippen LogP contribution is -2.26. The molecule has 7 nitrogen and oxygen atoms in total. The maximum Gasteiger partial charge on any atom is 0.259 e. The Labute approximate surface area is 188 Å². The van der Waals surface area contributed by atoms with Gasteiger partial charge in [-0.2, -0.15) is 0 Å². The molecule has 32 heavy (non-hydrogen) atoms. The third kappa shape index (κ3) is 3.98. The van der Waals surface area contributed by atoms with Crippen LogP contribution in [0.5, 0.6) is 11.5 Å². The minimum absolute atomic E-state index is 0.0651. The van der Waals surface area contributed by atoms with Crippen molar-refractivity contribution in [2.45, 2.75) is 26.3 Å². The quantitative estimate of drug-likeness (QED) is 0.537. The normalized spacial score (nSPS) is 14.1. The van der Waals surface area contributed by atoms with Crippen LogP contribution in [-0.2, 0) is 18.3 Å². The highest BCUT2D eigenvalue weighted by Gasteiger charge is 2.24. The van der Waals surface area contributed by atoms with Crippen molar-refractivity contribution in [3.8, 4) is 22.6 Å².